The molecule has 4 saturated carbocycles. The molecule has 0 spiro atoms. The largest absolute Gasteiger partial charge is 0.481 e. The Hall–Kier alpha value is -2.31. The maximum absolute atomic E-state index is 13.0. The number of nitrogens with zero attached hydrogens (tertiary/aromatic N) is 1. The number of carbonyl (C=O) groups excluding carboxylic acids is 1. The predicted octanol–water partition coefficient (Wildman–Crippen LogP) is 3.14. The molecule has 0 aliphatic heterocycles. The topological polar surface area (TPSA) is 188 Å². The first-order valence-electron chi connectivity index (χ1n) is 15.6. The number of hydroxylamine groups is 1. The fraction of sp³-hybridized carbons (Fsp3) is 0.897. The molecule has 4 fully saturated rings. The smallest absolute Gasteiger partial charge is 0.307 e. The van der Waals surface area contributed by atoms with E-state index in [0.29, 0.717) is 37.7 Å². The van der Waals surface area contributed by atoms with Gasteiger partial charge in [-0.25, -0.2) is 0 Å². The highest BCUT2D eigenvalue weighted by molar-refractivity contribution is 5.85. The van der Waals surface area contributed by atoms with Gasteiger partial charge in [0.1, 0.15) is 0 Å². The molecule has 41 heavy (non-hydrogen) atoms. The number of amides is 1. The molecule has 4 aliphatic carbocycles. The van der Waals surface area contributed by atoms with Crippen LogP contribution in [0.3, 0.4) is 0 Å². The molecule has 0 aromatic carbocycles. The first-order valence-corrected chi connectivity index (χ1v) is 15.6. The van der Waals surface area contributed by atoms with Crippen LogP contribution in [-0.4, -0.2) is 68.9 Å². The standard InChI is InChI=1S/C29H47N3O9/c33-23-10-12-24(28(35)36)19(14-23)16-41-31-21-7-3-18(4-8-21)13-17-1-5-20(6-2-17)30-27(34)26-15-22(32(39)40)9-11-25(26)29(37)38/h17-26,31,33H,1-16H2,(H,30,34)(H,35,36)(H,37,38). The zero-order valence-corrected chi connectivity index (χ0v) is 23.8. The molecule has 0 bridgehead atoms. The van der Waals surface area contributed by atoms with Gasteiger partial charge in [0.15, 0.2) is 0 Å². The van der Waals surface area contributed by atoms with E-state index >= 15 is 0 Å². The number of aliphatic hydroxyl groups excluding tert-OH is 1. The highest BCUT2D eigenvalue weighted by atomic mass is 16.6. The van der Waals surface area contributed by atoms with Gasteiger partial charge in [0.2, 0.25) is 11.9 Å². The first kappa shape index (κ1) is 31.6. The van der Waals surface area contributed by atoms with Crippen LogP contribution in [-0.2, 0) is 19.2 Å². The monoisotopic (exact) mass is 581 g/mol. The number of hydrogen-bond donors (Lipinski definition) is 5. The summed E-state index contributed by atoms with van der Waals surface area (Å²) in [5.74, 6) is -3.33. The van der Waals surface area contributed by atoms with Crippen LogP contribution in [0.4, 0.5) is 0 Å². The lowest BCUT2D eigenvalue weighted by molar-refractivity contribution is -0.528. The van der Waals surface area contributed by atoms with Gasteiger partial charge in [0, 0.05) is 29.8 Å². The lowest BCUT2D eigenvalue weighted by Gasteiger charge is -2.36. The summed E-state index contributed by atoms with van der Waals surface area (Å²) in [5.41, 5.74) is 3.15. The van der Waals surface area contributed by atoms with E-state index in [4.69, 9.17) is 4.84 Å². The number of carbonyl (C=O) groups is 3. The Balaban J connectivity index is 1.12. The Morgan fingerprint density at radius 1 is 0.756 bits per heavy atom. The van der Waals surface area contributed by atoms with Gasteiger partial charge in [-0.15, -0.1) is 0 Å². The van der Waals surface area contributed by atoms with E-state index in [1.165, 1.54) is 0 Å². The van der Waals surface area contributed by atoms with Crippen LogP contribution in [0.5, 0.6) is 0 Å². The Morgan fingerprint density at radius 2 is 1.34 bits per heavy atom. The van der Waals surface area contributed by atoms with Crippen molar-refractivity contribution < 1.29 is 39.5 Å². The van der Waals surface area contributed by atoms with Gasteiger partial charge in [-0.05, 0) is 101 Å². The van der Waals surface area contributed by atoms with Crippen LogP contribution in [0.2, 0.25) is 0 Å². The summed E-state index contributed by atoms with van der Waals surface area (Å²) < 4.78 is 0. The predicted molar refractivity (Wildman–Crippen MR) is 147 cm³/mol. The van der Waals surface area contributed by atoms with E-state index in [1.807, 2.05) is 0 Å². The SMILES string of the molecule is O=C(O)C1CCC(O)CC1CONC1CCC(CC2CCC(NC(=O)C3CC([N+](=O)[O-])CCC3C(=O)O)CC2)CC1. The molecule has 0 saturated heterocycles. The number of nitro groups is 1. The minimum absolute atomic E-state index is 0.00716. The third-order valence-electron chi connectivity index (χ3n) is 10.3. The summed E-state index contributed by atoms with van der Waals surface area (Å²) in [5, 5.41) is 43.2. The zero-order valence-electron chi connectivity index (χ0n) is 23.8. The number of aliphatic hydroxyl groups is 1. The van der Waals surface area contributed by atoms with Gasteiger partial charge in [-0.3, -0.25) is 24.5 Å². The molecule has 6 unspecified atom stereocenters. The van der Waals surface area contributed by atoms with Crippen molar-refractivity contribution in [3.8, 4) is 0 Å². The van der Waals surface area contributed by atoms with Crippen LogP contribution in [0.25, 0.3) is 0 Å². The molecular formula is C29H47N3O9. The molecule has 4 aliphatic rings. The Labute approximate surface area is 241 Å². The molecule has 0 aromatic heterocycles. The van der Waals surface area contributed by atoms with E-state index in [2.05, 4.69) is 10.8 Å². The maximum Gasteiger partial charge on any atom is 0.307 e. The molecule has 12 nitrogen and oxygen atoms in total. The number of rotatable bonds is 11. The van der Waals surface area contributed by atoms with Crippen molar-refractivity contribution in [1.82, 2.24) is 10.8 Å². The zero-order chi connectivity index (χ0) is 29.5. The highest BCUT2D eigenvalue weighted by Crippen LogP contribution is 2.37. The highest BCUT2D eigenvalue weighted by Gasteiger charge is 2.44. The molecule has 6 atom stereocenters. The number of aliphatic carboxylic acids is 2. The minimum Gasteiger partial charge on any atom is -0.481 e. The van der Waals surface area contributed by atoms with Gasteiger partial charge < -0.3 is 25.5 Å². The van der Waals surface area contributed by atoms with E-state index in [9.17, 15) is 39.8 Å². The Morgan fingerprint density at radius 3 is 1.93 bits per heavy atom. The fourth-order valence-corrected chi connectivity index (χ4v) is 7.78. The van der Waals surface area contributed by atoms with Gasteiger partial charge in [-0.2, -0.15) is 5.48 Å². The molecule has 0 aromatic rings. The normalized spacial score (nSPS) is 38.1. The Bertz CT molecular complexity index is 917. The third kappa shape index (κ3) is 8.84. The van der Waals surface area contributed by atoms with Crippen molar-refractivity contribution in [2.75, 3.05) is 6.61 Å². The number of carboxylic acid groups (broad SMARTS) is 2. The van der Waals surface area contributed by atoms with Crippen LogP contribution in [0.15, 0.2) is 0 Å². The molecule has 0 heterocycles. The van der Waals surface area contributed by atoms with E-state index in [-0.39, 0.29) is 48.1 Å². The number of hydrogen-bond acceptors (Lipinski definition) is 8. The maximum atomic E-state index is 13.0. The molecule has 12 heteroatoms. The second-order valence-corrected chi connectivity index (χ2v) is 13.1. The first-order chi connectivity index (χ1) is 19.6. The average molecular weight is 582 g/mol. The summed E-state index contributed by atoms with van der Waals surface area (Å²) in [6.07, 6.45) is 10.4. The summed E-state index contributed by atoms with van der Waals surface area (Å²) in [4.78, 5) is 52.7. The van der Waals surface area contributed by atoms with Gasteiger partial charge in [-0.1, -0.05) is 0 Å². The second kappa shape index (κ2) is 14.7. The molecular weight excluding hydrogens is 534 g/mol. The van der Waals surface area contributed by atoms with E-state index < -0.39 is 41.8 Å². The summed E-state index contributed by atoms with van der Waals surface area (Å²) >= 11 is 0. The molecule has 1 amide bonds. The summed E-state index contributed by atoms with van der Waals surface area (Å²) in [7, 11) is 0. The van der Waals surface area contributed by atoms with Crippen molar-refractivity contribution in [1.29, 1.82) is 0 Å². The van der Waals surface area contributed by atoms with Crippen molar-refractivity contribution >= 4 is 17.8 Å². The molecule has 0 radical (unpaired) electrons. The van der Waals surface area contributed by atoms with Crippen LogP contribution < -0.4 is 10.8 Å². The van der Waals surface area contributed by atoms with Crippen molar-refractivity contribution in [2.24, 2.45) is 35.5 Å². The van der Waals surface area contributed by atoms with Gasteiger partial charge in [0.25, 0.3) is 0 Å². The van der Waals surface area contributed by atoms with E-state index in [0.717, 1.165) is 57.8 Å². The van der Waals surface area contributed by atoms with Crippen molar-refractivity contribution in [3.05, 3.63) is 10.1 Å². The van der Waals surface area contributed by atoms with Crippen molar-refractivity contribution in [3.63, 3.8) is 0 Å². The fourth-order valence-electron chi connectivity index (χ4n) is 7.78. The Kier molecular flexibility index (Phi) is 11.4. The quantitative estimate of drug-likeness (QED) is 0.179. The van der Waals surface area contributed by atoms with Crippen LogP contribution in [0, 0.1) is 45.6 Å². The summed E-state index contributed by atoms with van der Waals surface area (Å²) in [6.45, 7) is 0.293. The van der Waals surface area contributed by atoms with Crippen LogP contribution in [0.1, 0.15) is 96.3 Å². The number of nitrogens with one attached hydrogen (secondary N) is 2. The molecule has 4 rings (SSSR count). The molecule has 232 valence electrons. The average Bonchev–Trinajstić information content (AvgIpc) is 2.94. The van der Waals surface area contributed by atoms with Gasteiger partial charge >= 0.3 is 11.9 Å². The van der Waals surface area contributed by atoms with Crippen molar-refractivity contribution in [2.45, 2.75) is 121 Å². The minimum atomic E-state index is -1.05. The van der Waals surface area contributed by atoms with Gasteiger partial charge in [0.05, 0.1) is 30.5 Å². The lowest BCUT2D eigenvalue weighted by atomic mass is 9.75. The lowest BCUT2D eigenvalue weighted by Crippen LogP contribution is -2.48. The summed E-state index contributed by atoms with van der Waals surface area (Å²) in [6, 6.07) is -0.616. The molecule has 5 N–H and O–H groups in total. The third-order valence-corrected chi connectivity index (χ3v) is 10.3. The number of carboxylic acids is 2. The second-order valence-electron chi connectivity index (χ2n) is 13.1. The van der Waals surface area contributed by atoms with Crippen LogP contribution >= 0.6 is 0 Å². The van der Waals surface area contributed by atoms with E-state index in [1.54, 1.807) is 0 Å².